The van der Waals surface area contributed by atoms with Gasteiger partial charge in [-0.05, 0) is 96.9 Å². The third-order valence-corrected chi connectivity index (χ3v) is 12.7. The van der Waals surface area contributed by atoms with E-state index in [0.717, 1.165) is 5.56 Å². The molecule has 60 heavy (non-hydrogen) atoms. The van der Waals surface area contributed by atoms with Gasteiger partial charge in [0.1, 0.15) is 23.0 Å². The smallest absolute Gasteiger partial charge is 0.336 e. The zero-order valence-electron chi connectivity index (χ0n) is 32.3. The summed E-state index contributed by atoms with van der Waals surface area (Å²) in [6, 6.07) is 45.8. The molecular formula is C48H37N2O9P. The maximum absolute atomic E-state index is 15.6. The minimum atomic E-state index is -3.56. The van der Waals surface area contributed by atoms with E-state index < -0.39 is 30.9 Å². The van der Waals surface area contributed by atoms with E-state index in [1.165, 1.54) is 43.4 Å². The number of anilines is 1. The second-order valence-electron chi connectivity index (χ2n) is 13.6. The van der Waals surface area contributed by atoms with Gasteiger partial charge in [-0.25, -0.2) is 9.59 Å². The van der Waals surface area contributed by atoms with E-state index in [9.17, 15) is 29.4 Å². The van der Waals surface area contributed by atoms with Crippen LogP contribution in [0.2, 0.25) is 0 Å². The van der Waals surface area contributed by atoms with Crippen molar-refractivity contribution in [2.24, 2.45) is 0 Å². The van der Waals surface area contributed by atoms with Gasteiger partial charge in [-0.3, -0.25) is 9.59 Å². The Morgan fingerprint density at radius 2 is 1.00 bits per heavy atom. The maximum atomic E-state index is 15.6. The summed E-state index contributed by atoms with van der Waals surface area (Å²) < 4.78 is 28.3. The minimum absolute atomic E-state index is 0.0975. The molecule has 0 saturated heterocycles. The lowest BCUT2D eigenvalue weighted by atomic mass is 9.95. The van der Waals surface area contributed by atoms with Gasteiger partial charge in [-0.2, -0.15) is 0 Å². The Balaban J connectivity index is 1.20. The first-order chi connectivity index (χ1) is 28.9. The number of nitrogens with one attached hydrogen (secondary N) is 2. The molecule has 0 unspecified atom stereocenters. The van der Waals surface area contributed by atoms with Crippen LogP contribution in [0.1, 0.15) is 47.0 Å². The predicted molar refractivity (Wildman–Crippen MR) is 231 cm³/mol. The van der Waals surface area contributed by atoms with Crippen molar-refractivity contribution in [1.82, 2.24) is 5.32 Å². The number of carboxylic acid groups (broad SMARTS) is 2. The van der Waals surface area contributed by atoms with Crippen LogP contribution in [0.15, 0.2) is 164 Å². The van der Waals surface area contributed by atoms with Crippen LogP contribution in [0.5, 0.6) is 23.0 Å². The van der Waals surface area contributed by atoms with Crippen molar-refractivity contribution < 1.29 is 43.4 Å². The Morgan fingerprint density at radius 1 is 0.517 bits per heavy atom. The van der Waals surface area contributed by atoms with E-state index in [4.69, 9.17) is 9.47 Å². The topological polar surface area (TPSA) is 168 Å². The summed E-state index contributed by atoms with van der Waals surface area (Å²) in [7, 11) is -2.19. The Hall–Kier alpha value is -7.75. The van der Waals surface area contributed by atoms with Crippen molar-refractivity contribution in [1.29, 1.82) is 0 Å². The molecule has 0 spiro atoms. The van der Waals surface area contributed by atoms with Crippen LogP contribution in [0.25, 0.3) is 11.1 Å². The van der Waals surface area contributed by atoms with E-state index in [2.05, 4.69) is 10.6 Å². The van der Waals surface area contributed by atoms with E-state index in [0.29, 0.717) is 55.7 Å². The summed E-state index contributed by atoms with van der Waals surface area (Å²) in [6.07, 6.45) is 0. The third kappa shape index (κ3) is 8.57. The van der Waals surface area contributed by atoms with Gasteiger partial charge in [-0.15, -0.1) is 0 Å². The highest BCUT2D eigenvalue weighted by atomic mass is 31.2. The fourth-order valence-corrected chi connectivity index (χ4v) is 9.38. The molecule has 0 aliphatic carbocycles. The van der Waals surface area contributed by atoms with Crippen LogP contribution >= 0.6 is 7.14 Å². The van der Waals surface area contributed by atoms with Crippen LogP contribution in [0.4, 0.5) is 5.69 Å². The lowest BCUT2D eigenvalue weighted by Gasteiger charge is -2.23. The van der Waals surface area contributed by atoms with E-state index in [-0.39, 0.29) is 22.3 Å². The first kappa shape index (κ1) is 40.4. The van der Waals surface area contributed by atoms with Crippen molar-refractivity contribution in [3.63, 3.8) is 0 Å². The first-order valence-electron chi connectivity index (χ1n) is 18.6. The number of hydrogen-bond acceptors (Lipinski definition) is 7. The maximum Gasteiger partial charge on any atom is 0.336 e. The van der Waals surface area contributed by atoms with Gasteiger partial charge in [0, 0.05) is 23.3 Å². The van der Waals surface area contributed by atoms with Gasteiger partial charge >= 0.3 is 11.9 Å². The Kier molecular flexibility index (Phi) is 11.7. The second-order valence-corrected chi connectivity index (χ2v) is 16.3. The zero-order chi connectivity index (χ0) is 42.4. The molecule has 298 valence electrons. The summed E-state index contributed by atoms with van der Waals surface area (Å²) in [5.74, 6) is -2.23. The van der Waals surface area contributed by atoms with Crippen molar-refractivity contribution in [2.45, 2.75) is 6.92 Å². The summed E-state index contributed by atoms with van der Waals surface area (Å²) in [6.45, 7) is 1.98. The molecule has 0 aromatic heterocycles. The lowest BCUT2D eigenvalue weighted by molar-refractivity contribution is 0.0683. The van der Waals surface area contributed by atoms with E-state index in [1.807, 2.05) is 91.9 Å². The molecule has 0 fully saturated rings. The Labute approximate surface area is 345 Å². The monoisotopic (exact) mass is 816 g/mol. The number of benzene rings is 7. The molecule has 0 aliphatic heterocycles. The molecule has 0 aliphatic rings. The normalized spacial score (nSPS) is 11.0. The summed E-state index contributed by atoms with van der Waals surface area (Å²) in [5.41, 5.74) is 1.42. The van der Waals surface area contributed by atoms with Gasteiger partial charge in [0.05, 0.1) is 27.6 Å². The standard InChI is InChI=1S/C48H37N2O9P/c1-30-13-19-34(20-14-30)58-36-23-26-43(44(29-36)60(57,37-9-5-3-6-10-37)38-11-7-4-8-12-38)59-35-21-17-33(18-22-35)50-46(52)42-28-32(16-25-40(42)48(55)56)31-15-24-39(47(53)54)41(27-31)45(51)49-2/h3-29H,1-2H3,(H,49,51)(H,50,52)(H,53,54)(H,55,56). The zero-order valence-corrected chi connectivity index (χ0v) is 33.2. The highest BCUT2D eigenvalue weighted by Gasteiger charge is 2.34. The Morgan fingerprint density at radius 3 is 1.52 bits per heavy atom. The van der Waals surface area contributed by atoms with Crippen molar-refractivity contribution in [2.75, 3.05) is 12.4 Å². The molecule has 7 aromatic rings. The van der Waals surface area contributed by atoms with Crippen LogP contribution in [-0.2, 0) is 4.57 Å². The van der Waals surface area contributed by atoms with Gasteiger partial charge in [0.2, 0.25) is 0 Å². The molecular weight excluding hydrogens is 780 g/mol. The van der Waals surface area contributed by atoms with Gasteiger partial charge in [0.25, 0.3) is 11.8 Å². The van der Waals surface area contributed by atoms with Crippen molar-refractivity contribution in [3.05, 3.63) is 192 Å². The SMILES string of the molecule is CNC(=O)c1cc(-c2ccc(C(=O)O)c(C(=O)Nc3ccc(Oc4ccc(Oc5ccc(C)cc5)cc4P(=O)(c4ccccc4)c4ccccc4)cc3)c2)ccc1C(=O)O. The Bertz CT molecular complexity index is 2750. The molecule has 0 saturated carbocycles. The molecule has 0 atom stereocenters. The summed E-state index contributed by atoms with van der Waals surface area (Å²) >= 11 is 0. The molecule has 12 heteroatoms. The molecule has 0 radical (unpaired) electrons. The van der Waals surface area contributed by atoms with Gasteiger partial charge in [0.15, 0.2) is 7.14 Å². The number of amides is 2. The lowest BCUT2D eigenvalue weighted by Crippen LogP contribution is -2.26. The van der Waals surface area contributed by atoms with E-state index >= 15 is 4.57 Å². The molecule has 0 bridgehead atoms. The average molecular weight is 817 g/mol. The predicted octanol–water partition coefficient (Wildman–Crippen LogP) is 8.89. The van der Waals surface area contributed by atoms with Crippen molar-refractivity contribution >= 4 is 52.5 Å². The summed E-state index contributed by atoms with van der Waals surface area (Å²) in [5, 5.41) is 26.3. The van der Waals surface area contributed by atoms with Crippen LogP contribution in [-0.4, -0.2) is 41.0 Å². The number of carbonyl (C=O) groups excluding carboxylic acids is 2. The average Bonchev–Trinajstić information content (AvgIpc) is 3.27. The number of aromatic carboxylic acids is 2. The van der Waals surface area contributed by atoms with Crippen LogP contribution in [0.3, 0.4) is 0 Å². The number of hydrogen-bond donors (Lipinski definition) is 4. The molecule has 2 amide bonds. The van der Waals surface area contributed by atoms with Gasteiger partial charge in [-0.1, -0.05) is 90.5 Å². The first-order valence-corrected chi connectivity index (χ1v) is 20.3. The van der Waals surface area contributed by atoms with Crippen molar-refractivity contribution in [3.8, 4) is 34.1 Å². The molecule has 0 heterocycles. The number of carbonyl (C=O) groups is 4. The molecule has 4 N–H and O–H groups in total. The molecule has 7 aromatic carbocycles. The van der Waals surface area contributed by atoms with Crippen LogP contribution in [0, 0.1) is 6.92 Å². The number of carboxylic acids is 2. The largest absolute Gasteiger partial charge is 0.478 e. The van der Waals surface area contributed by atoms with Gasteiger partial charge < -0.3 is 34.9 Å². The molecule has 11 nitrogen and oxygen atoms in total. The highest BCUT2D eigenvalue weighted by Crippen LogP contribution is 2.47. The fraction of sp³-hybridized carbons (Fsp3) is 0.0417. The third-order valence-electron chi connectivity index (χ3n) is 9.66. The number of aryl methyl sites for hydroxylation is 1. The summed E-state index contributed by atoms with van der Waals surface area (Å²) in [4.78, 5) is 50.1. The fourth-order valence-electron chi connectivity index (χ4n) is 6.60. The minimum Gasteiger partial charge on any atom is -0.478 e. The van der Waals surface area contributed by atoms with E-state index in [1.54, 1.807) is 42.5 Å². The number of ether oxygens (including phenoxy) is 2. The quantitative estimate of drug-likeness (QED) is 0.0831. The second kappa shape index (κ2) is 17.4. The number of rotatable bonds is 13. The molecule has 7 rings (SSSR count). The highest BCUT2D eigenvalue weighted by molar-refractivity contribution is 7.85. The van der Waals surface area contributed by atoms with Crippen LogP contribution < -0.4 is 36.0 Å².